The number of hydrogen-bond donors (Lipinski definition) is 1. The fourth-order valence-corrected chi connectivity index (χ4v) is 2.63. The van der Waals surface area contributed by atoms with Gasteiger partial charge < -0.3 is 5.32 Å². The van der Waals surface area contributed by atoms with Gasteiger partial charge in [-0.2, -0.15) is 0 Å². The van der Waals surface area contributed by atoms with Crippen molar-refractivity contribution >= 4 is 10.0 Å². The number of rotatable bonds is 6. The zero-order chi connectivity index (χ0) is 13.2. The van der Waals surface area contributed by atoms with Gasteiger partial charge in [0.2, 0.25) is 10.0 Å². The molecule has 0 spiro atoms. The Morgan fingerprint density at radius 3 is 2.33 bits per heavy atom. The topological polar surface area (TPSA) is 49.4 Å². The molecule has 1 saturated carbocycles. The van der Waals surface area contributed by atoms with E-state index in [9.17, 15) is 8.42 Å². The van der Waals surface area contributed by atoms with Crippen LogP contribution in [0.5, 0.6) is 0 Å². The molecule has 0 atom stereocenters. The first-order valence-corrected chi connectivity index (χ1v) is 7.66. The molecule has 0 unspecified atom stereocenters. The van der Waals surface area contributed by atoms with Crippen LogP contribution in [0.1, 0.15) is 18.4 Å². The van der Waals surface area contributed by atoms with Gasteiger partial charge in [0, 0.05) is 20.6 Å². The fraction of sp³-hybridized carbons (Fsp3) is 0.538. The van der Waals surface area contributed by atoms with Crippen molar-refractivity contribution in [3.8, 4) is 0 Å². The van der Waals surface area contributed by atoms with Crippen molar-refractivity contribution in [2.24, 2.45) is 5.92 Å². The van der Waals surface area contributed by atoms with E-state index in [1.807, 2.05) is 12.1 Å². The summed E-state index contributed by atoms with van der Waals surface area (Å²) < 4.78 is 25.0. The smallest absolute Gasteiger partial charge is 0.242 e. The Hall–Kier alpha value is -0.910. The minimum Gasteiger partial charge on any atom is -0.312 e. The van der Waals surface area contributed by atoms with Gasteiger partial charge in [-0.15, -0.1) is 0 Å². The number of benzene rings is 1. The summed E-state index contributed by atoms with van der Waals surface area (Å²) in [6.45, 7) is 1.87. The van der Waals surface area contributed by atoms with Gasteiger partial charge in [0.15, 0.2) is 0 Å². The van der Waals surface area contributed by atoms with E-state index in [1.165, 1.54) is 17.1 Å². The highest BCUT2D eigenvalue weighted by Crippen LogP contribution is 2.27. The highest BCUT2D eigenvalue weighted by atomic mass is 32.2. The van der Waals surface area contributed by atoms with Crippen molar-refractivity contribution in [2.45, 2.75) is 24.3 Å². The summed E-state index contributed by atoms with van der Waals surface area (Å²) >= 11 is 0. The summed E-state index contributed by atoms with van der Waals surface area (Å²) in [6, 6.07) is 7.08. The number of nitrogens with one attached hydrogen (secondary N) is 1. The summed E-state index contributed by atoms with van der Waals surface area (Å²) in [6.07, 6.45) is 2.68. The van der Waals surface area contributed by atoms with Crippen LogP contribution in [0.3, 0.4) is 0 Å². The quantitative estimate of drug-likeness (QED) is 0.849. The van der Waals surface area contributed by atoms with E-state index in [0.29, 0.717) is 4.90 Å². The van der Waals surface area contributed by atoms with Gasteiger partial charge in [0.05, 0.1) is 4.90 Å². The predicted octanol–water partition coefficient (Wildman–Crippen LogP) is 1.44. The third kappa shape index (κ3) is 3.31. The van der Waals surface area contributed by atoms with E-state index >= 15 is 0 Å². The third-order valence-electron chi connectivity index (χ3n) is 3.16. The van der Waals surface area contributed by atoms with Gasteiger partial charge in [0.25, 0.3) is 0 Å². The molecule has 1 aromatic carbocycles. The summed E-state index contributed by atoms with van der Waals surface area (Å²) in [5.74, 6) is 0.860. The molecule has 0 aliphatic heterocycles. The number of sulfonamides is 1. The monoisotopic (exact) mass is 268 g/mol. The fourth-order valence-electron chi connectivity index (χ4n) is 1.73. The van der Waals surface area contributed by atoms with Crippen LogP contribution < -0.4 is 5.32 Å². The SMILES string of the molecule is CN(C)S(=O)(=O)c1ccc(CNCC2CC2)cc1. The second kappa shape index (κ2) is 5.38. The summed E-state index contributed by atoms with van der Waals surface area (Å²) in [4.78, 5) is 0.346. The molecule has 0 saturated heterocycles. The van der Waals surface area contributed by atoms with E-state index in [2.05, 4.69) is 5.32 Å². The molecule has 1 aliphatic carbocycles. The molecular formula is C13H20N2O2S. The summed E-state index contributed by atoms with van der Waals surface area (Å²) in [7, 11) is -0.220. The van der Waals surface area contributed by atoms with Crippen LogP contribution >= 0.6 is 0 Å². The van der Waals surface area contributed by atoms with Crippen LogP contribution in [-0.4, -0.2) is 33.4 Å². The Morgan fingerprint density at radius 2 is 1.83 bits per heavy atom. The number of hydrogen-bond acceptors (Lipinski definition) is 3. The Bertz CT molecular complexity index is 490. The minimum atomic E-state index is -3.30. The molecule has 18 heavy (non-hydrogen) atoms. The molecule has 1 aliphatic rings. The van der Waals surface area contributed by atoms with Gasteiger partial charge in [-0.05, 0) is 43.0 Å². The van der Waals surface area contributed by atoms with E-state index < -0.39 is 10.0 Å². The predicted molar refractivity (Wildman–Crippen MR) is 71.7 cm³/mol. The zero-order valence-electron chi connectivity index (χ0n) is 10.9. The first-order chi connectivity index (χ1) is 8.50. The van der Waals surface area contributed by atoms with Crippen LogP contribution in [0.15, 0.2) is 29.2 Å². The second-order valence-corrected chi connectivity index (χ2v) is 7.16. The molecule has 0 aromatic heterocycles. The molecule has 100 valence electrons. The van der Waals surface area contributed by atoms with Crippen LogP contribution in [0, 0.1) is 5.92 Å². The van der Waals surface area contributed by atoms with Crippen LogP contribution in [-0.2, 0) is 16.6 Å². The van der Waals surface area contributed by atoms with E-state index in [1.54, 1.807) is 26.2 Å². The molecule has 1 N–H and O–H groups in total. The lowest BCUT2D eigenvalue weighted by molar-refractivity contribution is 0.520. The Morgan fingerprint density at radius 1 is 1.22 bits per heavy atom. The van der Waals surface area contributed by atoms with E-state index in [-0.39, 0.29) is 0 Å². The normalized spacial score (nSPS) is 16.2. The maximum Gasteiger partial charge on any atom is 0.242 e. The average Bonchev–Trinajstić information content (AvgIpc) is 3.13. The molecule has 2 rings (SSSR count). The molecule has 5 heteroatoms. The van der Waals surface area contributed by atoms with Crippen LogP contribution in [0.25, 0.3) is 0 Å². The van der Waals surface area contributed by atoms with Crippen molar-refractivity contribution in [3.63, 3.8) is 0 Å². The Labute approximate surface area is 109 Å². The summed E-state index contributed by atoms with van der Waals surface area (Å²) in [5.41, 5.74) is 1.12. The maximum atomic E-state index is 11.9. The van der Waals surface area contributed by atoms with E-state index in [0.717, 1.165) is 24.6 Å². The van der Waals surface area contributed by atoms with Crippen LogP contribution in [0.2, 0.25) is 0 Å². The lowest BCUT2D eigenvalue weighted by atomic mass is 10.2. The Kier molecular flexibility index (Phi) is 4.04. The zero-order valence-corrected chi connectivity index (χ0v) is 11.7. The third-order valence-corrected chi connectivity index (χ3v) is 4.99. The minimum absolute atomic E-state index is 0.346. The molecule has 0 amide bonds. The van der Waals surface area contributed by atoms with Gasteiger partial charge in [-0.1, -0.05) is 12.1 Å². The van der Waals surface area contributed by atoms with Crippen molar-refractivity contribution in [2.75, 3.05) is 20.6 Å². The molecular weight excluding hydrogens is 248 g/mol. The standard InChI is InChI=1S/C13H20N2O2S/c1-15(2)18(16,17)13-7-5-12(6-8-13)10-14-9-11-3-4-11/h5-8,11,14H,3-4,9-10H2,1-2H3. The van der Waals surface area contributed by atoms with Crippen molar-refractivity contribution in [1.29, 1.82) is 0 Å². The first kappa shape index (κ1) is 13.5. The highest BCUT2D eigenvalue weighted by molar-refractivity contribution is 7.89. The van der Waals surface area contributed by atoms with Gasteiger partial charge in [-0.25, -0.2) is 12.7 Å². The number of nitrogens with zero attached hydrogens (tertiary/aromatic N) is 1. The first-order valence-electron chi connectivity index (χ1n) is 6.22. The van der Waals surface area contributed by atoms with E-state index in [4.69, 9.17) is 0 Å². The molecule has 4 nitrogen and oxygen atoms in total. The average molecular weight is 268 g/mol. The molecule has 0 radical (unpaired) electrons. The van der Waals surface area contributed by atoms with Crippen molar-refractivity contribution < 1.29 is 8.42 Å². The van der Waals surface area contributed by atoms with Gasteiger partial charge in [0.1, 0.15) is 0 Å². The van der Waals surface area contributed by atoms with Crippen LogP contribution in [0.4, 0.5) is 0 Å². The summed E-state index contributed by atoms with van der Waals surface area (Å²) in [5, 5.41) is 3.38. The lowest BCUT2D eigenvalue weighted by Crippen LogP contribution is -2.22. The maximum absolute atomic E-state index is 11.9. The van der Waals surface area contributed by atoms with Gasteiger partial charge in [-0.3, -0.25) is 0 Å². The van der Waals surface area contributed by atoms with Crippen molar-refractivity contribution in [3.05, 3.63) is 29.8 Å². The van der Waals surface area contributed by atoms with Gasteiger partial charge >= 0.3 is 0 Å². The Balaban J connectivity index is 1.96. The second-order valence-electron chi connectivity index (χ2n) is 5.01. The molecule has 1 fully saturated rings. The molecule has 0 heterocycles. The lowest BCUT2D eigenvalue weighted by Gasteiger charge is -2.11. The molecule has 1 aromatic rings. The molecule has 0 bridgehead atoms. The highest BCUT2D eigenvalue weighted by Gasteiger charge is 2.20. The largest absolute Gasteiger partial charge is 0.312 e. The van der Waals surface area contributed by atoms with Crippen molar-refractivity contribution in [1.82, 2.24) is 9.62 Å².